The van der Waals surface area contributed by atoms with E-state index in [2.05, 4.69) is 10.0 Å². The van der Waals surface area contributed by atoms with Crippen LogP contribution in [0, 0.1) is 17.5 Å². The fourth-order valence-corrected chi connectivity index (χ4v) is 3.88. The van der Waals surface area contributed by atoms with Crippen molar-refractivity contribution in [2.24, 2.45) is 5.73 Å². The molecule has 0 spiro atoms. The van der Waals surface area contributed by atoms with Gasteiger partial charge in [0, 0.05) is 11.6 Å². The molecular weight excluding hydrogens is 471 g/mol. The van der Waals surface area contributed by atoms with Crippen LogP contribution in [-0.4, -0.2) is 20.2 Å². The molecule has 0 aliphatic carbocycles. The normalized spacial score (nSPS) is 11.1. The molecule has 0 atom stereocenters. The Morgan fingerprint density at radius 3 is 2.16 bits per heavy atom. The summed E-state index contributed by atoms with van der Waals surface area (Å²) < 4.78 is 67.8. The Balaban J connectivity index is 1.89. The van der Waals surface area contributed by atoms with E-state index in [1.165, 1.54) is 12.1 Å². The smallest absolute Gasteiger partial charge is 0.261 e. The van der Waals surface area contributed by atoms with E-state index in [0.717, 1.165) is 36.4 Å². The molecule has 3 aromatic rings. The molecule has 0 aliphatic rings. The largest absolute Gasteiger partial charge is 0.366 e. The zero-order chi connectivity index (χ0) is 23.6. The monoisotopic (exact) mass is 483 g/mol. The minimum atomic E-state index is -4.17. The van der Waals surface area contributed by atoms with Crippen molar-refractivity contribution in [1.82, 2.24) is 0 Å². The van der Waals surface area contributed by atoms with E-state index < -0.39 is 50.5 Å². The second-order valence-corrected chi connectivity index (χ2v) is 8.47. The zero-order valence-electron chi connectivity index (χ0n) is 15.8. The van der Waals surface area contributed by atoms with Crippen molar-refractivity contribution < 1.29 is 31.2 Å². The number of benzene rings is 3. The maximum atomic E-state index is 14.0. The SMILES string of the molecule is NC(=O)c1cc(NC(=O)c2ccc(Cl)c(NS(=O)(=O)c3ccc(F)cc3)c2)c(F)cc1F. The first-order chi connectivity index (χ1) is 15.0. The fraction of sp³-hybridized carbons (Fsp3) is 0. The summed E-state index contributed by atoms with van der Waals surface area (Å²) in [6.45, 7) is 0. The molecule has 12 heteroatoms. The van der Waals surface area contributed by atoms with E-state index in [4.69, 9.17) is 17.3 Å². The molecule has 166 valence electrons. The molecule has 0 aliphatic heterocycles. The summed E-state index contributed by atoms with van der Waals surface area (Å²) in [5, 5.41) is 2.09. The van der Waals surface area contributed by atoms with Crippen LogP contribution >= 0.6 is 11.6 Å². The van der Waals surface area contributed by atoms with E-state index >= 15 is 0 Å². The molecule has 0 saturated heterocycles. The number of nitrogens with two attached hydrogens (primary N) is 1. The van der Waals surface area contributed by atoms with E-state index in [0.29, 0.717) is 6.07 Å². The molecule has 2 amide bonds. The molecule has 0 aromatic heterocycles. The number of hydrogen-bond donors (Lipinski definition) is 3. The van der Waals surface area contributed by atoms with Gasteiger partial charge >= 0.3 is 0 Å². The summed E-state index contributed by atoms with van der Waals surface area (Å²) in [4.78, 5) is 23.5. The van der Waals surface area contributed by atoms with Crippen LogP contribution in [0.3, 0.4) is 0 Å². The van der Waals surface area contributed by atoms with Crippen molar-refractivity contribution in [2.75, 3.05) is 10.0 Å². The fourth-order valence-electron chi connectivity index (χ4n) is 2.59. The van der Waals surface area contributed by atoms with Crippen LogP contribution in [0.15, 0.2) is 59.5 Å². The maximum absolute atomic E-state index is 14.0. The van der Waals surface area contributed by atoms with Gasteiger partial charge in [-0.15, -0.1) is 0 Å². The van der Waals surface area contributed by atoms with Crippen molar-refractivity contribution in [3.63, 3.8) is 0 Å². The van der Waals surface area contributed by atoms with Gasteiger partial charge in [0.25, 0.3) is 21.8 Å². The summed E-state index contributed by atoms with van der Waals surface area (Å²) in [5.41, 5.74) is 3.54. The molecule has 3 rings (SSSR count). The highest BCUT2D eigenvalue weighted by Gasteiger charge is 2.19. The van der Waals surface area contributed by atoms with Gasteiger partial charge in [-0.2, -0.15) is 0 Å². The molecule has 0 bridgehead atoms. The minimum Gasteiger partial charge on any atom is -0.366 e. The average molecular weight is 484 g/mol. The van der Waals surface area contributed by atoms with Crippen molar-refractivity contribution in [1.29, 1.82) is 0 Å². The third kappa shape index (κ3) is 5.01. The Hall–Kier alpha value is -3.57. The number of nitrogens with one attached hydrogen (secondary N) is 2. The maximum Gasteiger partial charge on any atom is 0.261 e. The summed E-state index contributed by atoms with van der Waals surface area (Å²) in [7, 11) is -4.17. The first-order valence-electron chi connectivity index (χ1n) is 8.66. The highest BCUT2D eigenvalue weighted by Crippen LogP contribution is 2.27. The number of hydrogen-bond acceptors (Lipinski definition) is 4. The van der Waals surface area contributed by atoms with Crippen LogP contribution in [0.5, 0.6) is 0 Å². The molecule has 0 saturated carbocycles. The van der Waals surface area contributed by atoms with Gasteiger partial charge in [0.2, 0.25) is 0 Å². The predicted molar refractivity (Wildman–Crippen MR) is 111 cm³/mol. The van der Waals surface area contributed by atoms with Crippen molar-refractivity contribution in [3.8, 4) is 0 Å². The van der Waals surface area contributed by atoms with E-state index in [-0.39, 0.29) is 21.2 Å². The van der Waals surface area contributed by atoms with Gasteiger partial charge in [-0.1, -0.05) is 11.6 Å². The predicted octanol–water partition coefficient (Wildman–Crippen LogP) is 3.91. The Morgan fingerprint density at radius 1 is 0.875 bits per heavy atom. The van der Waals surface area contributed by atoms with Crippen LogP contribution in [0.2, 0.25) is 5.02 Å². The highest BCUT2D eigenvalue weighted by molar-refractivity contribution is 7.92. The lowest BCUT2D eigenvalue weighted by Crippen LogP contribution is -2.18. The number of anilines is 2. The van der Waals surface area contributed by atoms with Gasteiger partial charge in [-0.3, -0.25) is 14.3 Å². The van der Waals surface area contributed by atoms with Gasteiger partial charge in [0.1, 0.15) is 17.5 Å². The van der Waals surface area contributed by atoms with Gasteiger partial charge in [-0.25, -0.2) is 21.6 Å². The van der Waals surface area contributed by atoms with E-state index in [1.807, 2.05) is 0 Å². The first-order valence-corrected chi connectivity index (χ1v) is 10.5. The Morgan fingerprint density at radius 2 is 1.53 bits per heavy atom. The summed E-state index contributed by atoms with van der Waals surface area (Å²) in [6, 6.07) is 8.63. The van der Waals surface area contributed by atoms with Gasteiger partial charge < -0.3 is 11.1 Å². The van der Waals surface area contributed by atoms with E-state index in [1.54, 1.807) is 0 Å². The molecule has 0 fully saturated rings. The lowest BCUT2D eigenvalue weighted by Gasteiger charge is -2.12. The van der Waals surface area contributed by atoms with Crippen molar-refractivity contribution >= 4 is 44.8 Å². The zero-order valence-corrected chi connectivity index (χ0v) is 17.4. The Bertz CT molecular complexity index is 1330. The number of amides is 2. The molecular formula is C20H13ClF3N3O4S. The molecule has 3 aromatic carbocycles. The number of sulfonamides is 1. The van der Waals surface area contributed by atoms with Gasteiger partial charge in [0.15, 0.2) is 0 Å². The number of primary amides is 1. The van der Waals surface area contributed by atoms with Gasteiger partial charge in [-0.05, 0) is 48.5 Å². The van der Waals surface area contributed by atoms with E-state index in [9.17, 15) is 31.2 Å². The number of rotatable bonds is 6. The van der Waals surface area contributed by atoms with Crippen LogP contribution in [0.4, 0.5) is 24.5 Å². The lowest BCUT2D eigenvalue weighted by molar-refractivity contribution is 0.0992. The third-order valence-electron chi connectivity index (χ3n) is 4.17. The van der Waals surface area contributed by atoms with Crippen LogP contribution in [0.1, 0.15) is 20.7 Å². The summed E-state index contributed by atoms with van der Waals surface area (Å²) in [5.74, 6) is -5.07. The standard InChI is InChI=1S/C20H13ClF3N3O4S/c21-14-6-1-10(7-17(14)27-32(30,31)12-4-2-11(22)3-5-12)20(29)26-18-8-13(19(25)28)15(23)9-16(18)24/h1-9,27H,(H2,25,28)(H,26,29). The lowest BCUT2D eigenvalue weighted by atomic mass is 10.1. The topological polar surface area (TPSA) is 118 Å². The molecule has 4 N–H and O–H groups in total. The molecule has 0 unspecified atom stereocenters. The quantitative estimate of drug-likeness (QED) is 0.492. The second-order valence-electron chi connectivity index (χ2n) is 6.38. The molecule has 0 heterocycles. The number of carbonyl (C=O) groups is 2. The van der Waals surface area contributed by atoms with Gasteiger partial charge in [0.05, 0.1) is 26.9 Å². The Kier molecular flexibility index (Phi) is 6.42. The minimum absolute atomic E-state index is 0.0591. The Labute approximate surface area is 185 Å². The van der Waals surface area contributed by atoms with Crippen molar-refractivity contribution in [2.45, 2.75) is 4.90 Å². The first kappa shape index (κ1) is 23.1. The summed E-state index contributed by atoms with van der Waals surface area (Å²) >= 11 is 6.01. The van der Waals surface area contributed by atoms with Crippen LogP contribution < -0.4 is 15.8 Å². The second kappa shape index (κ2) is 8.89. The molecule has 32 heavy (non-hydrogen) atoms. The summed E-state index contributed by atoms with van der Waals surface area (Å²) in [6.07, 6.45) is 0. The molecule has 0 radical (unpaired) electrons. The number of carbonyl (C=O) groups excluding carboxylic acids is 2. The van der Waals surface area contributed by atoms with Crippen molar-refractivity contribution in [3.05, 3.63) is 88.2 Å². The molecule has 7 nitrogen and oxygen atoms in total. The average Bonchev–Trinajstić information content (AvgIpc) is 2.71. The highest BCUT2D eigenvalue weighted by atomic mass is 35.5. The van der Waals surface area contributed by atoms with Crippen LogP contribution in [0.25, 0.3) is 0 Å². The van der Waals surface area contributed by atoms with Crippen LogP contribution in [-0.2, 0) is 10.0 Å². The number of halogens is 4. The third-order valence-corrected chi connectivity index (χ3v) is 5.88.